The number of nitrogens with one attached hydrogen (secondary N) is 1. The van der Waals surface area contributed by atoms with Crippen LogP contribution in [0.15, 0.2) is 168 Å². The summed E-state index contributed by atoms with van der Waals surface area (Å²) in [5.41, 5.74) is 14.8. The first-order chi connectivity index (χ1) is 23.5. The van der Waals surface area contributed by atoms with Gasteiger partial charge in [0.05, 0.1) is 11.1 Å². The van der Waals surface area contributed by atoms with E-state index in [1.807, 2.05) is 30.3 Å². The van der Waals surface area contributed by atoms with E-state index in [9.17, 15) is 0 Å². The zero-order valence-electron chi connectivity index (χ0n) is 26.9. The number of benzene rings is 7. The van der Waals surface area contributed by atoms with E-state index in [0.29, 0.717) is 0 Å². The minimum atomic E-state index is -0.0490. The number of hydrogen-bond acceptors (Lipinski definition) is 3. The predicted molar refractivity (Wildman–Crippen MR) is 201 cm³/mol. The van der Waals surface area contributed by atoms with Gasteiger partial charge in [0.2, 0.25) is 0 Å². The maximum Gasteiger partial charge on any atom is 0.137 e. The van der Waals surface area contributed by atoms with Gasteiger partial charge < -0.3 is 14.6 Å². The molecule has 1 heterocycles. The topological polar surface area (TPSA) is 28.4 Å². The van der Waals surface area contributed by atoms with Crippen LogP contribution in [0, 0.1) is 0 Å². The molecule has 230 valence electrons. The van der Waals surface area contributed by atoms with Gasteiger partial charge in [-0.15, -0.1) is 0 Å². The van der Waals surface area contributed by atoms with Crippen molar-refractivity contribution < 1.29 is 4.42 Å². The molecule has 1 N–H and O–H groups in total. The number of nitrogens with zero attached hydrogens (tertiary/aromatic N) is 1. The van der Waals surface area contributed by atoms with Gasteiger partial charge >= 0.3 is 0 Å². The van der Waals surface area contributed by atoms with Crippen LogP contribution in [0.4, 0.5) is 28.4 Å². The Kier molecular flexibility index (Phi) is 6.48. The van der Waals surface area contributed by atoms with Crippen molar-refractivity contribution in [3.05, 3.63) is 175 Å². The van der Waals surface area contributed by atoms with E-state index < -0.39 is 0 Å². The summed E-state index contributed by atoms with van der Waals surface area (Å²) in [5, 5.41) is 5.76. The summed E-state index contributed by atoms with van der Waals surface area (Å²) in [6.07, 6.45) is 0. The molecule has 0 amide bonds. The van der Waals surface area contributed by atoms with E-state index in [4.69, 9.17) is 4.42 Å². The summed E-state index contributed by atoms with van der Waals surface area (Å²) >= 11 is 0. The second kappa shape index (κ2) is 11.0. The summed E-state index contributed by atoms with van der Waals surface area (Å²) < 4.78 is 6.37. The van der Waals surface area contributed by atoms with Crippen molar-refractivity contribution in [2.24, 2.45) is 0 Å². The van der Waals surface area contributed by atoms with Crippen molar-refractivity contribution in [2.75, 3.05) is 10.2 Å². The molecule has 9 rings (SSSR count). The molecular formula is C45H34N2O. The largest absolute Gasteiger partial charge is 0.456 e. The molecule has 1 aromatic heterocycles. The monoisotopic (exact) mass is 618 g/mol. The molecule has 8 aromatic rings. The number of furan rings is 1. The average molecular weight is 619 g/mol. The fourth-order valence-electron chi connectivity index (χ4n) is 7.47. The number of rotatable bonds is 6. The van der Waals surface area contributed by atoms with E-state index >= 15 is 0 Å². The van der Waals surface area contributed by atoms with E-state index in [-0.39, 0.29) is 5.41 Å². The zero-order chi connectivity index (χ0) is 32.2. The summed E-state index contributed by atoms with van der Waals surface area (Å²) in [5.74, 6) is 0. The Bertz CT molecular complexity index is 2460. The van der Waals surface area contributed by atoms with Gasteiger partial charge in [-0.05, 0) is 106 Å². The minimum absolute atomic E-state index is 0.0490. The molecule has 1 aliphatic carbocycles. The highest BCUT2D eigenvalue weighted by Gasteiger charge is 2.35. The van der Waals surface area contributed by atoms with Crippen LogP contribution in [-0.2, 0) is 5.41 Å². The van der Waals surface area contributed by atoms with Gasteiger partial charge in [0, 0.05) is 33.6 Å². The van der Waals surface area contributed by atoms with E-state index in [1.165, 1.54) is 33.4 Å². The lowest BCUT2D eigenvalue weighted by molar-refractivity contribution is 0.660. The number of fused-ring (bicyclic) bond motifs is 6. The van der Waals surface area contributed by atoms with Crippen LogP contribution in [-0.4, -0.2) is 0 Å². The normalized spacial score (nSPS) is 13.0. The highest BCUT2D eigenvalue weighted by Crippen LogP contribution is 2.50. The van der Waals surface area contributed by atoms with Crippen LogP contribution < -0.4 is 10.2 Å². The first-order valence-corrected chi connectivity index (χ1v) is 16.5. The third-order valence-electron chi connectivity index (χ3n) is 9.83. The number of para-hydroxylation sites is 2. The molecule has 0 saturated carbocycles. The lowest BCUT2D eigenvalue weighted by atomic mass is 9.81. The third kappa shape index (κ3) is 4.58. The molecule has 0 fully saturated rings. The van der Waals surface area contributed by atoms with Crippen molar-refractivity contribution in [3.8, 4) is 22.3 Å². The fourth-order valence-corrected chi connectivity index (χ4v) is 7.47. The smallest absolute Gasteiger partial charge is 0.137 e. The average Bonchev–Trinajstić information content (AvgIpc) is 3.62. The van der Waals surface area contributed by atoms with Crippen LogP contribution >= 0.6 is 0 Å². The Labute approximate surface area is 280 Å². The minimum Gasteiger partial charge on any atom is -0.456 e. The molecule has 0 spiro atoms. The number of anilines is 5. The van der Waals surface area contributed by atoms with Gasteiger partial charge in [0.25, 0.3) is 0 Å². The second-order valence-electron chi connectivity index (χ2n) is 13.1. The lowest BCUT2D eigenvalue weighted by Gasteiger charge is -2.26. The molecule has 0 unspecified atom stereocenters. The van der Waals surface area contributed by atoms with Gasteiger partial charge in [-0.3, -0.25) is 0 Å². The standard InChI is InChI=1S/C45H34N2O/c1-45(2)39-20-10-9-19-36(39)37-25-23-31(28-40(37)45)30-13-11-18-34(27-30)47(33-16-7-4-8-17-33)35-24-26-42-38(29-35)44-41(21-12-22-43(44)48-42)46-32-14-5-3-6-15-32/h3-29,46H,1-2H3. The molecule has 3 heteroatoms. The zero-order valence-corrected chi connectivity index (χ0v) is 26.9. The van der Waals surface area contributed by atoms with Gasteiger partial charge in [-0.1, -0.05) is 105 Å². The van der Waals surface area contributed by atoms with Crippen molar-refractivity contribution >= 4 is 50.4 Å². The molecule has 0 aliphatic heterocycles. The van der Waals surface area contributed by atoms with Crippen LogP contribution in [0.3, 0.4) is 0 Å². The molecule has 0 bridgehead atoms. The molecule has 0 atom stereocenters. The molecular weight excluding hydrogens is 585 g/mol. The molecule has 1 aliphatic rings. The second-order valence-corrected chi connectivity index (χ2v) is 13.1. The Morgan fingerprint density at radius 1 is 0.500 bits per heavy atom. The fraction of sp³-hybridized carbons (Fsp3) is 0.0667. The Balaban J connectivity index is 1.17. The highest BCUT2D eigenvalue weighted by atomic mass is 16.3. The van der Waals surface area contributed by atoms with Crippen molar-refractivity contribution in [2.45, 2.75) is 19.3 Å². The molecule has 0 saturated heterocycles. The Morgan fingerprint density at radius 2 is 1.19 bits per heavy atom. The van der Waals surface area contributed by atoms with Gasteiger partial charge in [0.1, 0.15) is 11.2 Å². The first-order valence-electron chi connectivity index (χ1n) is 16.5. The first kappa shape index (κ1) is 28.2. The van der Waals surface area contributed by atoms with Crippen LogP contribution in [0.2, 0.25) is 0 Å². The van der Waals surface area contributed by atoms with Crippen LogP contribution in [0.5, 0.6) is 0 Å². The van der Waals surface area contributed by atoms with E-state index in [1.54, 1.807) is 0 Å². The third-order valence-corrected chi connectivity index (χ3v) is 9.83. The number of hydrogen-bond donors (Lipinski definition) is 1. The Hall–Kier alpha value is -6.06. The van der Waals surface area contributed by atoms with Crippen molar-refractivity contribution in [1.29, 1.82) is 0 Å². The van der Waals surface area contributed by atoms with Crippen molar-refractivity contribution in [1.82, 2.24) is 0 Å². The maximum atomic E-state index is 6.37. The Morgan fingerprint density at radius 3 is 2.04 bits per heavy atom. The van der Waals surface area contributed by atoms with E-state index in [0.717, 1.165) is 50.4 Å². The quantitative estimate of drug-likeness (QED) is 0.201. The SMILES string of the molecule is CC1(C)c2ccccc2-c2ccc(-c3cccc(N(c4ccccc4)c4ccc5oc6cccc(Nc7ccccc7)c6c5c4)c3)cc21. The van der Waals surface area contributed by atoms with Gasteiger partial charge in [-0.25, -0.2) is 0 Å². The molecule has 7 aromatic carbocycles. The predicted octanol–water partition coefficient (Wildman–Crippen LogP) is 12.8. The van der Waals surface area contributed by atoms with Crippen LogP contribution in [0.25, 0.3) is 44.2 Å². The molecule has 48 heavy (non-hydrogen) atoms. The summed E-state index contributed by atoms with van der Waals surface area (Å²) in [7, 11) is 0. The van der Waals surface area contributed by atoms with E-state index in [2.05, 4.69) is 158 Å². The maximum absolute atomic E-state index is 6.37. The highest BCUT2D eigenvalue weighted by molar-refractivity contribution is 6.13. The molecule has 0 radical (unpaired) electrons. The summed E-state index contributed by atoms with van der Waals surface area (Å²) in [6, 6.07) is 58.3. The van der Waals surface area contributed by atoms with Gasteiger partial charge in [0.15, 0.2) is 0 Å². The summed E-state index contributed by atoms with van der Waals surface area (Å²) in [4.78, 5) is 2.34. The summed E-state index contributed by atoms with van der Waals surface area (Å²) in [6.45, 7) is 4.68. The van der Waals surface area contributed by atoms with Crippen LogP contribution in [0.1, 0.15) is 25.0 Å². The lowest BCUT2D eigenvalue weighted by Crippen LogP contribution is -2.14. The molecule has 3 nitrogen and oxygen atoms in total. The van der Waals surface area contributed by atoms with Gasteiger partial charge in [-0.2, -0.15) is 0 Å². The van der Waals surface area contributed by atoms with Crippen molar-refractivity contribution in [3.63, 3.8) is 0 Å².